The Morgan fingerprint density at radius 3 is 2.30 bits per heavy atom. The molecule has 2 aliphatic rings. The Hall–Kier alpha value is -0.0400. The van der Waals surface area contributed by atoms with E-state index in [0.29, 0.717) is 0 Å². The molecule has 1 N–H and O–H groups in total. The molecular weight excluding hydrogens is 242 g/mol. The molecule has 4 unspecified atom stereocenters. The molecule has 2 rings (SSSR count). The molecule has 0 aromatic heterocycles. The summed E-state index contributed by atoms with van der Waals surface area (Å²) >= 11 is 0. The number of nitrogens with one attached hydrogen (secondary N) is 1. The zero-order chi connectivity index (χ0) is 14.4. The zero-order valence-electron chi connectivity index (χ0n) is 14.2. The van der Waals surface area contributed by atoms with Gasteiger partial charge in [0, 0.05) is 0 Å². The van der Waals surface area contributed by atoms with Crippen molar-refractivity contribution < 1.29 is 0 Å². The molecule has 0 heterocycles. The summed E-state index contributed by atoms with van der Waals surface area (Å²) in [6.45, 7) is 9.76. The molecule has 2 saturated carbocycles. The molecule has 1 heteroatoms. The zero-order valence-corrected chi connectivity index (χ0v) is 14.2. The van der Waals surface area contributed by atoms with Gasteiger partial charge in [-0.05, 0) is 81.2 Å². The largest absolute Gasteiger partial charge is 0.316 e. The minimum absolute atomic E-state index is 0.964. The lowest BCUT2D eigenvalue weighted by molar-refractivity contribution is 0.112. The van der Waals surface area contributed by atoms with Crippen LogP contribution >= 0.6 is 0 Å². The van der Waals surface area contributed by atoms with Crippen LogP contribution in [-0.2, 0) is 0 Å². The quantitative estimate of drug-likeness (QED) is 0.535. The smallest absolute Gasteiger partial charge is 0.00178 e. The Bertz CT molecular complexity index is 252. The van der Waals surface area contributed by atoms with Crippen molar-refractivity contribution in [3.63, 3.8) is 0 Å². The fraction of sp³-hybridized carbons (Fsp3) is 1.00. The molecule has 118 valence electrons. The van der Waals surface area contributed by atoms with Crippen molar-refractivity contribution in [3.8, 4) is 0 Å². The summed E-state index contributed by atoms with van der Waals surface area (Å²) in [5.74, 6) is 4.95. The number of hydrogen-bond donors (Lipinski definition) is 1. The first-order chi connectivity index (χ1) is 9.70. The van der Waals surface area contributed by atoms with Crippen molar-refractivity contribution in [1.82, 2.24) is 5.32 Å². The molecular formula is C19H37N. The van der Waals surface area contributed by atoms with Crippen molar-refractivity contribution in [3.05, 3.63) is 0 Å². The van der Waals surface area contributed by atoms with E-state index in [9.17, 15) is 0 Å². The average Bonchev–Trinajstić information content (AvgIpc) is 2.63. The highest BCUT2D eigenvalue weighted by Gasteiger charge is 2.34. The molecule has 0 radical (unpaired) electrons. The molecule has 20 heavy (non-hydrogen) atoms. The summed E-state index contributed by atoms with van der Waals surface area (Å²) in [6, 6.07) is 0. The Morgan fingerprint density at radius 2 is 1.60 bits per heavy atom. The van der Waals surface area contributed by atoms with Gasteiger partial charge in [-0.1, -0.05) is 40.0 Å². The van der Waals surface area contributed by atoms with Gasteiger partial charge in [-0.25, -0.2) is 0 Å². The van der Waals surface area contributed by atoms with E-state index in [0.717, 1.165) is 29.6 Å². The van der Waals surface area contributed by atoms with Crippen LogP contribution < -0.4 is 5.32 Å². The first-order valence-corrected chi connectivity index (χ1v) is 9.41. The van der Waals surface area contributed by atoms with Gasteiger partial charge in [0.2, 0.25) is 0 Å². The number of rotatable bonds is 5. The van der Waals surface area contributed by atoms with E-state index < -0.39 is 0 Å². The van der Waals surface area contributed by atoms with Gasteiger partial charge < -0.3 is 5.32 Å². The summed E-state index contributed by atoms with van der Waals surface area (Å²) in [4.78, 5) is 0. The normalized spacial score (nSPS) is 39.5. The van der Waals surface area contributed by atoms with Crippen LogP contribution in [0.15, 0.2) is 0 Å². The highest BCUT2D eigenvalue weighted by Crippen LogP contribution is 2.43. The molecule has 0 aromatic rings. The van der Waals surface area contributed by atoms with E-state index in [1.54, 1.807) is 0 Å². The highest BCUT2D eigenvalue weighted by molar-refractivity contribution is 4.86. The van der Waals surface area contributed by atoms with Crippen LogP contribution in [0.4, 0.5) is 0 Å². The Labute approximate surface area is 127 Å². The van der Waals surface area contributed by atoms with Crippen molar-refractivity contribution in [2.75, 3.05) is 13.1 Å². The third-order valence-electron chi connectivity index (χ3n) is 5.87. The summed E-state index contributed by atoms with van der Waals surface area (Å²) < 4.78 is 0. The fourth-order valence-electron chi connectivity index (χ4n) is 5.11. The predicted octanol–water partition coefficient (Wildman–Crippen LogP) is 5.25. The molecule has 0 aromatic carbocycles. The maximum atomic E-state index is 3.72. The van der Waals surface area contributed by atoms with E-state index in [4.69, 9.17) is 0 Å². The second kappa shape index (κ2) is 8.41. The first kappa shape index (κ1) is 16.3. The Kier molecular flexibility index (Phi) is 6.87. The molecule has 0 bridgehead atoms. The summed E-state index contributed by atoms with van der Waals surface area (Å²) in [7, 11) is 0. The topological polar surface area (TPSA) is 12.0 Å². The van der Waals surface area contributed by atoms with Crippen LogP contribution in [0.25, 0.3) is 0 Å². The van der Waals surface area contributed by atoms with E-state index in [-0.39, 0.29) is 0 Å². The van der Waals surface area contributed by atoms with Crippen molar-refractivity contribution in [2.24, 2.45) is 29.6 Å². The molecule has 2 fully saturated rings. The molecule has 4 atom stereocenters. The van der Waals surface area contributed by atoms with Gasteiger partial charge >= 0.3 is 0 Å². The monoisotopic (exact) mass is 279 g/mol. The van der Waals surface area contributed by atoms with Crippen LogP contribution in [-0.4, -0.2) is 13.1 Å². The lowest BCUT2D eigenvalue weighted by atomic mass is 9.67. The maximum absolute atomic E-state index is 3.72. The lowest BCUT2D eigenvalue weighted by Crippen LogP contribution is -2.35. The van der Waals surface area contributed by atoms with Gasteiger partial charge in [-0.2, -0.15) is 0 Å². The summed E-state index contributed by atoms with van der Waals surface area (Å²) in [5.41, 5.74) is 0. The molecule has 0 aliphatic heterocycles. The summed E-state index contributed by atoms with van der Waals surface area (Å²) in [6.07, 6.45) is 13.2. The average molecular weight is 280 g/mol. The van der Waals surface area contributed by atoms with Crippen LogP contribution in [0.5, 0.6) is 0 Å². The fourth-order valence-corrected chi connectivity index (χ4v) is 5.11. The second-order valence-corrected chi connectivity index (χ2v) is 7.94. The molecule has 0 saturated heterocycles. The van der Waals surface area contributed by atoms with Gasteiger partial charge in [-0.3, -0.25) is 0 Å². The highest BCUT2D eigenvalue weighted by atomic mass is 14.9. The number of hydrogen-bond acceptors (Lipinski definition) is 1. The first-order valence-electron chi connectivity index (χ1n) is 9.41. The Morgan fingerprint density at radius 1 is 0.900 bits per heavy atom. The van der Waals surface area contributed by atoms with Crippen molar-refractivity contribution in [1.29, 1.82) is 0 Å². The van der Waals surface area contributed by atoms with Crippen LogP contribution in [0.1, 0.15) is 78.6 Å². The minimum Gasteiger partial charge on any atom is -0.316 e. The molecule has 0 spiro atoms. The van der Waals surface area contributed by atoms with Gasteiger partial charge in [0.1, 0.15) is 0 Å². The van der Waals surface area contributed by atoms with Crippen LogP contribution in [0, 0.1) is 29.6 Å². The van der Waals surface area contributed by atoms with Gasteiger partial charge in [-0.15, -0.1) is 0 Å². The molecule has 2 aliphatic carbocycles. The predicted molar refractivity (Wildman–Crippen MR) is 88.9 cm³/mol. The van der Waals surface area contributed by atoms with Crippen molar-refractivity contribution >= 4 is 0 Å². The molecule has 0 amide bonds. The van der Waals surface area contributed by atoms with Gasteiger partial charge in [0.25, 0.3) is 0 Å². The third kappa shape index (κ3) is 4.76. The van der Waals surface area contributed by atoms with Gasteiger partial charge in [0.15, 0.2) is 0 Å². The SMILES string of the molecule is CCCNCC1CCCCCC1C1CC(C)CC(C)C1. The minimum atomic E-state index is 0.964. The van der Waals surface area contributed by atoms with E-state index in [1.165, 1.54) is 70.9 Å². The maximum Gasteiger partial charge on any atom is -0.00178 e. The van der Waals surface area contributed by atoms with E-state index >= 15 is 0 Å². The second-order valence-electron chi connectivity index (χ2n) is 7.94. The lowest BCUT2D eigenvalue weighted by Gasteiger charge is -2.39. The summed E-state index contributed by atoms with van der Waals surface area (Å²) in [5, 5.41) is 3.72. The Balaban J connectivity index is 1.95. The standard InChI is InChI=1S/C19H37N/c1-4-10-20-14-17-8-6-5-7-9-19(17)18-12-15(2)11-16(3)13-18/h15-20H,4-14H2,1-3H3. The van der Waals surface area contributed by atoms with Crippen molar-refractivity contribution in [2.45, 2.75) is 78.6 Å². The third-order valence-corrected chi connectivity index (χ3v) is 5.87. The van der Waals surface area contributed by atoms with E-state index in [1.807, 2.05) is 0 Å². The molecule has 1 nitrogen and oxygen atoms in total. The van der Waals surface area contributed by atoms with Crippen LogP contribution in [0.3, 0.4) is 0 Å². The van der Waals surface area contributed by atoms with Crippen LogP contribution in [0.2, 0.25) is 0 Å². The van der Waals surface area contributed by atoms with Gasteiger partial charge in [0.05, 0.1) is 0 Å². The van der Waals surface area contributed by atoms with E-state index in [2.05, 4.69) is 26.1 Å².